The van der Waals surface area contributed by atoms with E-state index in [2.05, 4.69) is 31.9 Å². The molecule has 1 atom stereocenters. The van der Waals surface area contributed by atoms with Gasteiger partial charge in [0.1, 0.15) is 11.5 Å². The molecule has 0 aromatic heterocycles. The summed E-state index contributed by atoms with van der Waals surface area (Å²) in [6.45, 7) is 1.96. The Morgan fingerprint density at radius 1 is 1.20 bits per heavy atom. The van der Waals surface area contributed by atoms with Gasteiger partial charge in [0.25, 0.3) is 0 Å². The maximum Gasteiger partial charge on any atom is 0.141 e. The first-order chi connectivity index (χ1) is 9.45. The van der Waals surface area contributed by atoms with Crippen LogP contribution in [0.1, 0.15) is 12.5 Å². The lowest BCUT2D eigenvalue weighted by molar-refractivity contribution is 0.479. The fourth-order valence-corrected chi connectivity index (χ4v) is 3.16. The zero-order chi connectivity index (χ0) is 14.7. The Labute approximate surface area is 140 Å². The first-order valence-electron chi connectivity index (χ1n) is 6.12. The molecule has 1 unspecified atom stereocenters. The van der Waals surface area contributed by atoms with E-state index in [1.54, 1.807) is 0 Å². The van der Waals surface area contributed by atoms with Crippen LogP contribution in [0.4, 0.5) is 0 Å². The molecule has 0 saturated heterocycles. The van der Waals surface area contributed by atoms with Crippen molar-refractivity contribution in [2.75, 3.05) is 0 Å². The molecule has 0 amide bonds. The van der Waals surface area contributed by atoms with Crippen LogP contribution in [-0.2, 0) is 6.42 Å². The fraction of sp³-hybridized carbons (Fsp3) is 0.200. The van der Waals surface area contributed by atoms with Gasteiger partial charge in [-0.2, -0.15) is 0 Å². The lowest BCUT2D eigenvalue weighted by Gasteiger charge is -2.11. The first-order valence-corrected chi connectivity index (χ1v) is 8.09. The molecule has 2 aromatic carbocycles. The molecule has 0 aliphatic heterocycles. The number of hydrogen-bond acceptors (Lipinski definition) is 2. The van der Waals surface area contributed by atoms with Gasteiger partial charge in [-0.1, -0.05) is 33.6 Å². The molecule has 5 heteroatoms. The summed E-state index contributed by atoms with van der Waals surface area (Å²) in [5.74, 6) is 1.44. The van der Waals surface area contributed by atoms with Gasteiger partial charge in [0.2, 0.25) is 0 Å². The Kier molecular flexibility index (Phi) is 5.49. The number of rotatable bonds is 4. The first kappa shape index (κ1) is 15.8. The quantitative estimate of drug-likeness (QED) is 0.705. The molecule has 0 saturated carbocycles. The zero-order valence-corrected chi connectivity index (χ0v) is 14.8. The van der Waals surface area contributed by atoms with E-state index >= 15 is 0 Å². The smallest absolute Gasteiger partial charge is 0.141 e. The highest BCUT2D eigenvalue weighted by Gasteiger charge is 2.07. The van der Waals surface area contributed by atoms with Gasteiger partial charge >= 0.3 is 0 Å². The zero-order valence-electron chi connectivity index (χ0n) is 10.9. The monoisotopic (exact) mass is 417 g/mol. The minimum atomic E-state index is 0.0832. The maximum absolute atomic E-state index is 6.25. The molecule has 0 spiro atoms. The van der Waals surface area contributed by atoms with Gasteiger partial charge in [0.05, 0.1) is 4.47 Å². The number of benzene rings is 2. The topological polar surface area (TPSA) is 35.2 Å². The lowest BCUT2D eigenvalue weighted by Crippen LogP contribution is -2.17. The van der Waals surface area contributed by atoms with Crippen molar-refractivity contribution in [3.63, 3.8) is 0 Å². The van der Waals surface area contributed by atoms with Crippen LogP contribution in [0.3, 0.4) is 0 Å². The molecule has 2 nitrogen and oxygen atoms in total. The van der Waals surface area contributed by atoms with Crippen molar-refractivity contribution in [3.8, 4) is 11.5 Å². The molecule has 0 aliphatic carbocycles. The molecule has 0 aliphatic rings. The van der Waals surface area contributed by atoms with E-state index in [1.807, 2.05) is 43.3 Å². The third-order valence-corrected chi connectivity index (χ3v) is 4.15. The standard InChI is InChI=1S/C15H14Br2ClNO/c1-9(19)6-10-2-4-12(8-14(10)18)20-15-5-3-11(16)7-13(15)17/h2-5,7-9H,6,19H2,1H3. The van der Waals surface area contributed by atoms with E-state index in [0.717, 1.165) is 26.7 Å². The minimum Gasteiger partial charge on any atom is -0.456 e. The Balaban J connectivity index is 2.20. The van der Waals surface area contributed by atoms with E-state index in [-0.39, 0.29) is 6.04 Å². The van der Waals surface area contributed by atoms with E-state index < -0.39 is 0 Å². The van der Waals surface area contributed by atoms with Gasteiger partial charge in [-0.05, 0) is 65.2 Å². The van der Waals surface area contributed by atoms with Gasteiger partial charge in [-0.3, -0.25) is 0 Å². The second-order valence-corrected chi connectivity index (χ2v) is 6.79. The van der Waals surface area contributed by atoms with Crippen molar-refractivity contribution in [3.05, 3.63) is 55.9 Å². The summed E-state index contributed by atoms with van der Waals surface area (Å²) in [6.07, 6.45) is 0.751. The number of ether oxygens (including phenoxy) is 1. The summed E-state index contributed by atoms with van der Waals surface area (Å²) >= 11 is 13.1. The van der Waals surface area contributed by atoms with E-state index in [0.29, 0.717) is 10.8 Å². The van der Waals surface area contributed by atoms with Crippen molar-refractivity contribution < 1.29 is 4.74 Å². The highest BCUT2D eigenvalue weighted by molar-refractivity contribution is 9.11. The van der Waals surface area contributed by atoms with Crippen LogP contribution in [0, 0.1) is 0 Å². The van der Waals surface area contributed by atoms with E-state index in [1.165, 1.54) is 0 Å². The van der Waals surface area contributed by atoms with Gasteiger partial charge in [-0.15, -0.1) is 0 Å². The lowest BCUT2D eigenvalue weighted by atomic mass is 10.1. The van der Waals surface area contributed by atoms with Crippen LogP contribution in [0.5, 0.6) is 11.5 Å². The van der Waals surface area contributed by atoms with Crippen LogP contribution in [0.15, 0.2) is 45.3 Å². The molecule has 106 valence electrons. The van der Waals surface area contributed by atoms with Crippen LogP contribution in [0.25, 0.3) is 0 Å². The molecular formula is C15H14Br2ClNO. The molecule has 0 radical (unpaired) electrons. The summed E-state index contributed by atoms with van der Waals surface area (Å²) in [5, 5.41) is 0.674. The number of hydrogen-bond donors (Lipinski definition) is 1. The average molecular weight is 420 g/mol. The highest BCUT2D eigenvalue weighted by atomic mass is 79.9. The van der Waals surface area contributed by atoms with Crippen molar-refractivity contribution in [1.82, 2.24) is 0 Å². The molecule has 0 heterocycles. The molecule has 20 heavy (non-hydrogen) atoms. The number of nitrogens with two attached hydrogens (primary N) is 1. The molecule has 0 bridgehead atoms. The normalized spacial score (nSPS) is 12.2. The third kappa shape index (κ3) is 4.22. The third-order valence-electron chi connectivity index (χ3n) is 2.69. The second kappa shape index (κ2) is 6.94. The Morgan fingerprint density at radius 2 is 1.95 bits per heavy atom. The largest absolute Gasteiger partial charge is 0.456 e. The van der Waals surface area contributed by atoms with Crippen molar-refractivity contribution in [1.29, 1.82) is 0 Å². The molecule has 2 aromatic rings. The van der Waals surface area contributed by atoms with Gasteiger partial charge in [0.15, 0.2) is 0 Å². The summed E-state index contributed by atoms with van der Waals surface area (Å²) in [7, 11) is 0. The van der Waals surface area contributed by atoms with Crippen molar-refractivity contribution >= 4 is 43.5 Å². The minimum absolute atomic E-state index is 0.0832. The molecular weight excluding hydrogens is 405 g/mol. The summed E-state index contributed by atoms with van der Waals surface area (Å²) in [5.41, 5.74) is 6.82. The molecule has 2 rings (SSSR count). The number of halogens is 3. The van der Waals surface area contributed by atoms with E-state index in [9.17, 15) is 0 Å². The van der Waals surface area contributed by atoms with Crippen LogP contribution in [-0.4, -0.2) is 6.04 Å². The maximum atomic E-state index is 6.25. The summed E-state index contributed by atoms with van der Waals surface area (Å²) in [4.78, 5) is 0. The van der Waals surface area contributed by atoms with Crippen LogP contribution < -0.4 is 10.5 Å². The fourth-order valence-electron chi connectivity index (χ4n) is 1.79. The van der Waals surface area contributed by atoms with Crippen LogP contribution >= 0.6 is 43.5 Å². The van der Waals surface area contributed by atoms with E-state index in [4.69, 9.17) is 22.1 Å². The molecule has 2 N–H and O–H groups in total. The van der Waals surface area contributed by atoms with Crippen molar-refractivity contribution in [2.24, 2.45) is 5.73 Å². The molecule has 0 fully saturated rings. The second-order valence-electron chi connectivity index (χ2n) is 4.61. The van der Waals surface area contributed by atoms with Gasteiger partial charge < -0.3 is 10.5 Å². The highest BCUT2D eigenvalue weighted by Crippen LogP contribution is 2.33. The van der Waals surface area contributed by atoms with Crippen LogP contribution in [0.2, 0.25) is 5.02 Å². The average Bonchev–Trinajstić information content (AvgIpc) is 2.36. The Bertz CT molecular complexity index is 617. The summed E-state index contributed by atoms with van der Waals surface area (Å²) in [6, 6.07) is 11.5. The van der Waals surface area contributed by atoms with Gasteiger partial charge in [0, 0.05) is 15.5 Å². The van der Waals surface area contributed by atoms with Crippen molar-refractivity contribution in [2.45, 2.75) is 19.4 Å². The Hall–Kier alpha value is -0.550. The predicted molar refractivity (Wildman–Crippen MR) is 90.7 cm³/mol. The summed E-state index contributed by atoms with van der Waals surface area (Å²) < 4.78 is 7.69. The Morgan fingerprint density at radius 3 is 2.55 bits per heavy atom. The van der Waals surface area contributed by atoms with Gasteiger partial charge in [-0.25, -0.2) is 0 Å². The predicted octanol–water partition coefficient (Wildman–Crippen LogP) is 5.55. The SMILES string of the molecule is CC(N)Cc1ccc(Oc2ccc(Br)cc2Br)cc1Cl.